The van der Waals surface area contributed by atoms with Gasteiger partial charge in [0.05, 0.1) is 31.5 Å². The van der Waals surface area contributed by atoms with Gasteiger partial charge in [-0.3, -0.25) is 5.43 Å². The van der Waals surface area contributed by atoms with Gasteiger partial charge in [0.15, 0.2) is 21.5 Å². The van der Waals surface area contributed by atoms with E-state index in [4.69, 9.17) is 18.6 Å². The van der Waals surface area contributed by atoms with E-state index in [1.165, 1.54) is 13.3 Å². The number of furan rings is 1. The third kappa shape index (κ3) is 6.41. The Kier molecular flexibility index (Phi) is 8.76. The minimum absolute atomic E-state index is 0.122. The second-order valence-electron chi connectivity index (χ2n) is 7.06. The number of carbonyl (C=O) groups excluding carboxylic acids is 2. The zero-order valence-electron chi connectivity index (χ0n) is 18.8. The van der Waals surface area contributed by atoms with Gasteiger partial charge in [-0.25, -0.2) is 9.59 Å². The molecule has 0 radical (unpaired) electrons. The van der Waals surface area contributed by atoms with Crippen LogP contribution in [0.4, 0.5) is 4.79 Å². The van der Waals surface area contributed by atoms with Crippen molar-refractivity contribution in [2.75, 3.05) is 20.3 Å². The summed E-state index contributed by atoms with van der Waals surface area (Å²) in [4.78, 5) is 24.4. The summed E-state index contributed by atoms with van der Waals surface area (Å²) in [6.07, 6.45) is 0.340. The predicted molar refractivity (Wildman–Crippen MR) is 130 cm³/mol. The monoisotopic (exact) mass is 584 g/mol. The van der Waals surface area contributed by atoms with Crippen LogP contribution in [-0.2, 0) is 9.53 Å². The molecular weight excluding hydrogens is 559 g/mol. The Morgan fingerprint density at radius 1 is 1.32 bits per heavy atom. The lowest BCUT2D eigenvalue weighted by Gasteiger charge is -2.28. The molecule has 4 N–H and O–H groups in total. The average molecular weight is 584 g/mol. The SMILES string of the molecule is CCOc1cc([C@@H]2NC(=O)NC(C)=C2C(=O)OC)ccc1OC[C@@H](O)N/N=C\c1ccc(I)o1. The Labute approximate surface area is 209 Å². The van der Waals surface area contributed by atoms with E-state index in [1.807, 2.05) is 29.5 Å². The van der Waals surface area contributed by atoms with Gasteiger partial charge in [-0.2, -0.15) is 5.10 Å². The van der Waals surface area contributed by atoms with Crippen LogP contribution >= 0.6 is 22.6 Å². The van der Waals surface area contributed by atoms with Gasteiger partial charge in [0, 0.05) is 5.70 Å². The van der Waals surface area contributed by atoms with E-state index in [0.717, 1.165) is 3.77 Å². The fraction of sp³-hybridized carbons (Fsp3) is 0.318. The van der Waals surface area contributed by atoms with Crippen molar-refractivity contribution in [3.63, 3.8) is 0 Å². The molecule has 12 heteroatoms. The van der Waals surface area contributed by atoms with Gasteiger partial charge in [-0.05, 0) is 66.3 Å². The number of benzene rings is 1. The Morgan fingerprint density at radius 2 is 2.12 bits per heavy atom. The number of hydrogen-bond donors (Lipinski definition) is 4. The molecule has 1 aliphatic rings. The van der Waals surface area contributed by atoms with Crippen molar-refractivity contribution in [1.29, 1.82) is 0 Å². The number of allylic oxidation sites excluding steroid dienone is 1. The molecule has 0 bridgehead atoms. The van der Waals surface area contributed by atoms with E-state index in [1.54, 1.807) is 37.3 Å². The highest BCUT2D eigenvalue weighted by Gasteiger charge is 2.32. The molecule has 3 rings (SSSR count). The van der Waals surface area contributed by atoms with E-state index in [0.29, 0.717) is 35.1 Å². The molecular formula is C22H25IN4O7. The molecule has 182 valence electrons. The van der Waals surface area contributed by atoms with Crippen LogP contribution < -0.4 is 25.5 Å². The lowest BCUT2D eigenvalue weighted by atomic mass is 9.95. The Hall–Kier alpha value is -3.26. The summed E-state index contributed by atoms with van der Waals surface area (Å²) in [5.74, 6) is 0.735. The second kappa shape index (κ2) is 11.7. The van der Waals surface area contributed by atoms with Crippen LogP contribution in [0.1, 0.15) is 31.2 Å². The summed E-state index contributed by atoms with van der Waals surface area (Å²) >= 11 is 2.04. The second-order valence-corrected chi connectivity index (χ2v) is 8.12. The molecule has 1 aromatic heterocycles. The standard InChI is InChI=1S/C22H25IN4O7/c1-4-32-16-9-13(20-19(21(29)31-3)12(2)25-22(30)26-20)5-7-15(16)33-11-18(28)27-24-10-14-6-8-17(23)34-14/h5-10,18,20,27-28H,4,11H2,1-3H3,(H2,25,26,30)/b24-10-/t18-,20+/m1/s1. The molecule has 2 atom stereocenters. The number of amides is 2. The van der Waals surface area contributed by atoms with Crippen LogP contribution in [0.15, 0.2) is 51.1 Å². The predicted octanol–water partition coefficient (Wildman–Crippen LogP) is 2.40. The van der Waals surface area contributed by atoms with Crippen molar-refractivity contribution in [2.24, 2.45) is 5.10 Å². The van der Waals surface area contributed by atoms with Gasteiger partial charge < -0.3 is 34.4 Å². The zero-order chi connectivity index (χ0) is 24.7. The number of rotatable bonds is 10. The van der Waals surface area contributed by atoms with Crippen molar-refractivity contribution >= 4 is 40.8 Å². The normalized spacial score (nSPS) is 16.6. The van der Waals surface area contributed by atoms with Crippen molar-refractivity contribution in [2.45, 2.75) is 26.1 Å². The third-order valence-electron chi connectivity index (χ3n) is 4.68. The number of hydrazone groups is 1. The summed E-state index contributed by atoms with van der Waals surface area (Å²) in [6.45, 7) is 3.67. The largest absolute Gasteiger partial charge is 0.490 e. The number of urea groups is 1. The van der Waals surface area contributed by atoms with Crippen LogP contribution in [0.3, 0.4) is 0 Å². The highest BCUT2D eigenvalue weighted by Crippen LogP contribution is 2.34. The molecule has 34 heavy (non-hydrogen) atoms. The van der Waals surface area contributed by atoms with Gasteiger partial charge in [-0.1, -0.05) is 6.07 Å². The maximum atomic E-state index is 12.3. The van der Waals surface area contributed by atoms with Gasteiger partial charge >= 0.3 is 12.0 Å². The minimum atomic E-state index is -1.10. The van der Waals surface area contributed by atoms with Gasteiger partial charge in [0.1, 0.15) is 12.4 Å². The van der Waals surface area contributed by atoms with Crippen LogP contribution in [0.25, 0.3) is 0 Å². The van der Waals surface area contributed by atoms with E-state index >= 15 is 0 Å². The van der Waals surface area contributed by atoms with Crippen molar-refractivity contribution in [1.82, 2.24) is 16.1 Å². The first-order chi connectivity index (χ1) is 16.3. The van der Waals surface area contributed by atoms with Crippen molar-refractivity contribution in [3.8, 4) is 11.5 Å². The summed E-state index contributed by atoms with van der Waals surface area (Å²) in [7, 11) is 1.28. The first-order valence-corrected chi connectivity index (χ1v) is 11.4. The van der Waals surface area contributed by atoms with Gasteiger partial charge in [0.25, 0.3) is 0 Å². The Balaban J connectivity index is 1.72. The summed E-state index contributed by atoms with van der Waals surface area (Å²) in [6, 6.07) is 7.37. The lowest BCUT2D eigenvalue weighted by Crippen LogP contribution is -2.45. The number of nitrogens with one attached hydrogen (secondary N) is 3. The molecule has 2 amide bonds. The summed E-state index contributed by atoms with van der Waals surface area (Å²) in [5, 5.41) is 19.3. The summed E-state index contributed by atoms with van der Waals surface area (Å²) in [5.41, 5.74) is 3.82. The van der Waals surface area contributed by atoms with Crippen LogP contribution in [-0.4, -0.2) is 49.9 Å². The number of halogens is 1. The molecule has 2 aromatic rings. The van der Waals surface area contributed by atoms with Gasteiger partial charge in [-0.15, -0.1) is 0 Å². The number of nitrogens with zero attached hydrogens (tertiary/aromatic N) is 1. The third-order valence-corrected chi connectivity index (χ3v) is 5.26. The van der Waals surface area contributed by atoms with E-state index < -0.39 is 24.3 Å². The van der Waals surface area contributed by atoms with E-state index in [2.05, 4.69) is 21.2 Å². The average Bonchev–Trinajstić information content (AvgIpc) is 3.22. The molecule has 2 heterocycles. The fourth-order valence-electron chi connectivity index (χ4n) is 3.21. The zero-order valence-corrected chi connectivity index (χ0v) is 20.9. The summed E-state index contributed by atoms with van der Waals surface area (Å²) < 4.78 is 22.3. The van der Waals surface area contributed by atoms with E-state index in [9.17, 15) is 14.7 Å². The molecule has 0 unspecified atom stereocenters. The van der Waals surface area contributed by atoms with Crippen LogP contribution in [0, 0.1) is 3.77 Å². The molecule has 0 fully saturated rings. The quantitative estimate of drug-likeness (QED) is 0.110. The van der Waals surface area contributed by atoms with Crippen molar-refractivity contribution < 1.29 is 33.3 Å². The Morgan fingerprint density at radius 3 is 2.79 bits per heavy atom. The number of methoxy groups -OCH3 is 1. The maximum absolute atomic E-state index is 12.3. The number of aliphatic hydroxyl groups is 1. The number of aliphatic hydroxyl groups excluding tert-OH is 1. The molecule has 0 saturated heterocycles. The minimum Gasteiger partial charge on any atom is -0.490 e. The first-order valence-electron chi connectivity index (χ1n) is 10.3. The molecule has 11 nitrogen and oxygen atoms in total. The number of hydrogen-bond acceptors (Lipinski definition) is 9. The van der Waals surface area contributed by atoms with Crippen molar-refractivity contribution in [3.05, 3.63) is 56.7 Å². The Bertz CT molecular complexity index is 1100. The lowest BCUT2D eigenvalue weighted by molar-refractivity contribution is -0.136. The highest BCUT2D eigenvalue weighted by atomic mass is 127. The van der Waals surface area contributed by atoms with Crippen LogP contribution in [0.5, 0.6) is 11.5 Å². The molecule has 0 saturated carbocycles. The van der Waals surface area contributed by atoms with E-state index in [-0.39, 0.29) is 12.2 Å². The molecule has 0 aliphatic carbocycles. The number of carbonyl (C=O) groups is 2. The smallest absolute Gasteiger partial charge is 0.337 e. The fourth-order valence-corrected chi connectivity index (χ4v) is 3.64. The molecule has 1 aromatic carbocycles. The topological polar surface area (TPSA) is 144 Å². The first kappa shape index (κ1) is 25.4. The molecule has 1 aliphatic heterocycles. The number of ether oxygens (including phenoxy) is 3. The van der Waals surface area contributed by atoms with Crippen LogP contribution in [0.2, 0.25) is 0 Å². The maximum Gasteiger partial charge on any atom is 0.337 e. The van der Waals surface area contributed by atoms with Gasteiger partial charge in [0.2, 0.25) is 0 Å². The number of esters is 1. The molecule has 0 spiro atoms. The highest BCUT2D eigenvalue weighted by molar-refractivity contribution is 14.1.